The summed E-state index contributed by atoms with van der Waals surface area (Å²) in [5, 5.41) is 9.49. The fraction of sp³-hybridized carbons (Fsp3) is 0.385. The van der Waals surface area contributed by atoms with Gasteiger partial charge in [0.25, 0.3) is 0 Å². The fourth-order valence-corrected chi connectivity index (χ4v) is 2.24. The molecule has 3 heteroatoms. The van der Waals surface area contributed by atoms with Crippen LogP contribution >= 0.6 is 15.9 Å². The maximum Gasteiger partial charge on any atom is 0.0762 e. The average molecular weight is 284 g/mol. The second-order valence-corrected chi connectivity index (χ2v) is 4.57. The van der Waals surface area contributed by atoms with Crippen LogP contribution in [-0.2, 0) is 0 Å². The van der Waals surface area contributed by atoms with Gasteiger partial charge in [-0.2, -0.15) is 0 Å². The Morgan fingerprint density at radius 3 is 2.69 bits per heavy atom. The van der Waals surface area contributed by atoms with Crippen LogP contribution in [0.4, 0.5) is 5.69 Å². The van der Waals surface area contributed by atoms with Crippen LogP contribution < -0.4 is 4.90 Å². The summed E-state index contributed by atoms with van der Waals surface area (Å²) in [5.41, 5.74) is 2.05. The number of nitrogens with zero attached hydrogens (tertiary/aromatic N) is 1. The Bertz CT molecular complexity index is 363. The summed E-state index contributed by atoms with van der Waals surface area (Å²) in [7, 11) is 0. The molecule has 1 aromatic carbocycles. The molecule has 0 unspecified atom stereocenters. The molecule has 0 saturated heterocycles. The molecule has 1 N–H and O–H groups in total. The molecule has 0 amide bonds. The molecule has 0 heterocycles. The van der Waals surface area contributed by atoms with Crippen LogP contribution in [0.1, 0.15) is 25.5 Å². The van der Waals surface area contributed by atoms with Crippen LogP contribution in [0.5, 0.6) is 0 Å². The number of likely N-dealkylation sites (N-methyl/N-ethyl adjacent to an activating group) is 1. The number of rotatable bonds is 5. The number of aliphatic hydroxyl groups is 1. The zero-order valence-corrected chi connectivity index (χ0v) is 11.4. The Kier molecular flexibility index (Phi) is 5.03. The zero-order valence-electron chi connectivity index (χ0n) is 9.78. The van der Waals surface area contributed by atoms with Gasteiger partial charge in [0.05, 0.1) is 11.8 Å². The lowest BCUT2D eigenvalue weighted by Crippen LogP contribution is -2.22. The molecule has 1 atom stereocenters. The first-order chi connectivity index (χ1) is 7.60. The van der Waals surface area contributed by atoms with Gasteiger partial charge in [-0.25, -0.2) is 0 Å². The predicted octanol–water partition coefficient (Wildman–Crippen LogP) is 3.51. The first-order valence-electron chi connectivity index (χ1n) is 5.43. The van der Waals surface area contributed by atoms with Crippen molar-refractivity contribution in [3.8, 4) is 0 Å². The van der Waals surface area contributed by atoms with Gasteiger partial charge >= 0.3 is 0 Å². The van der Waals surface area contributed by atoms with E-state index in [2.05, 4.69) is 34.3 Å². The molecule has 1 rings (SSSR count). The second-order valence-electron chi connectivity index (χ2n) is 3.71. The third kappa shape index (κ3) is 3.09. The van der Waals surface area contributed by atoms with Gasteiger partial charge in [-0.05, 0) is 47.5 Å². The lowest BCUT2D eigenvalue weighted by Gasteiger charge is -2.23. The van der Waals surface area contributed by atoms with Crippen molar-refractivity contribution in [2.24, 2.45) is 0 Å². The zero-order chi connectivity index (χ0) is 12.1. The Labute approximate surface area is 106 Å². The third-order valence-corrected chi connectivity index (χ3v) is 3.16. The Morgan fingerprint density at radius 2 is 2.25 bits per heavy atom. The highest BCUT2D eigenvalue weighted by Gasteiger charge is 2.09. The summed E-state index contributed by atoms with van der Waals surface area (Å²) in [6.07, 6.45) is 1.46. The minimum atomic E-state index is -0.431. The van der Waals surface area contributed by atoms with Crippen LogP contribution in [0.25, 0.3) is 0 Å². The number of hydrogen-bond acceptors (Lipinski definition) is 2. The minimum Gasteiger partial charge on any atom is -0.389 e. The minimum absolute atomic E-state index is 0.431. The van der Waals surface area contributed by atoms with Gasteiger partial charge in [0.1, 0.15) is 0 Å². The van der Waals surface area contributed by atoms with E-state index in [-0.39, 0.29) is 0 Å². The first kappa shape index (κ1) is 13.3. The van der Waals surface area contributed by atoms with E-state index < -0.39 is 6.10 Å². The van der Waals surface area contributed by atoms with Crippen molar-refractivity contribution < 1.29 is 5.11 Å². The van der Waals surface area contributed by atoms with Crippen molar-refractivity contribution >= 4 is 21.6 Å². The molecule has 0 saturated carbocycles. The largest absolute Gasteiger partial charge is 0.389 e. The third-order valence-electron chi connectivity index (χ3n) is 2.53. The van der Waals surface area contributed by atoms with Gasteiger partial charge in [0, 0.05) is 17.6 Å². The van der Waals surface area contributed by atoms with Crippen LogP contribution in [0.2, 0.25) is 0 Å². The molecular formula is C13H18BrNO. The van der Waals surface area contributed by atoms with Crippen molar-refractivity contribution in [2.45, 2.75) is 20.0 Å². The van der Waals surface area contributed by atoms with Gasteiger partial charge in [-0.1, -0.05) is 12.1 Å². The first-order valence-corrected chi connectivity index (χ1v) is 6.22. The van der Waals surface area contributed by atoms with Crippen LogP contribution in [-0.4, -0.2) is 18.2 Å². The maximum atomic E-state index is 9.49. The summed E-state index contributed by atoms with van der Waals surface area (Å²) in [6, 6.07) is 5.95. The topological polar surface area (TPSA) is 23.5 Å². The molecule has 0 spiro atoms. The SMILES string of the molecule is C=CCN(CC)c1ccc([C@H](C)O)cc1Br. The highest BCUT2D eigenvalue weighted by Crippen LogP contribution is 2.29. The number of benzene rings is 1. The highest BCUT2D eigenvalue weighted by atomic mass is 79.9. The molecule has 0 aliphatic carbocycles. The van der Waals surface area contributed by atoms with E-state index in [0.717, 1.165) is 28.8 Å². The highest BCUT2D eigenvalue weighted by molar-refractivity contribution is 9.10. The molecule has 0 radical (unpaired) electrons. The summed E-state index contributed by atoms with van der Waals surface area (Å²) in [5.74, 6) is 0. The smallest absolute Gasteiger partial charge is 0.0762 e. The monoisotopic (exact) mass is 283 g/mol. The molecule has 2 nitrogen and oxygen atoms in total. The van der Waals surface area contributed by atoms with Gasteiger partial charge in [0.15, 0.2) is 0 Å². The molecule has 0 aliphatic heterocycles. The molecule has 0 fully saturated rings. The number of aliphatic hydroxyl groups excluding tert-OH is 1. The van der Waals surface area contributed by atoms with E-state index in [1.807, 2.05) is 24.3 Å². The Balaban J connectivity index is 3.01. The van der Waals surface area contributed by atoms with Crippen LogP contribution in [0.3, 0.4) is 0 Å². The lowest BCUT2D eigenvalue weighted by molar-refractivity contribution is 0.199. The van der Waals surface area contributed by atoms with Gasteiger partial charge in [-0.3, -0.25) is 0 Å². The van der Waals surface area contributed by atoms with Gasteiger partial charge in [-0.15, -0.1) is 6.58 Å². The van der Waals surface area contributed by atoms with Crippen molar-refractivity contribution in [3.63, 3.8) is 0 Å². The van der Waals surface area contributed by atoms with Crippen molar-refractivity contribution in [2.75, 3.05) is 18.0 Å². The van der Waals surface area contributed by atoms with Gasteiger partial charge < -0.3 is 10.0 Å². The number of halogens is 1. The second kappa shape index (κ2) is 6.06. The molecular weight excluding hydrogens is 266 g/mol. The van der Waals surface area contributed by atoms with Gasteiger partial charge in [0.2, 0.25) is 0 Å². The summed E-state index contributed by atoms with van der Waals surface area (Å²) < 4.78 is 1.01. The lowest BCUT2D eigenvalue weighted by atomic mass is 10.1. The number of anilines is 1. The van der Waals surface area contributed by atoms with Crippen LogP contribution in [0, 0.1) is 0 Å². The summed E-state index contributed by atoms with van der Waals surface area (Å²) in [6.45, 7) is 9.38. The van der Waals surface area contributed by atoms with E-state index in [0.29, 0.717) is 0 Å². The van der Waals surface area contributed by atoms with Crippen molar-refractivity contribution in [1.29, 1.82) is 0 Å². The number of hydrogen-bond donors (Lipinski definition) is 1. The van der Waals surface area contributed by atoms with Crippen molar-refractivity contribution in [3.05, 3.63) is 40.9 Å². The Hall–Kier alpha value is -0.800. The summed E-state index contributed by atoms with van der Waals surface area (Å²) >= 11 is 3.54. The Morgan fingerprint density at radius 1 is 1.56 bits per heavy atom. The fourth-order valence-electron chi connectivity index (χ4n) is 1.59. The molecule has 16 heavy (non-hydrogen) atoms. The standard InChI is InChI=1S/C13H18BrNO/c1-4-8-15(5-2)13-7-6-11(10(3)16)9-12(13)14/h4,6-7,9-10,16H,1,5,8H2,2-3H3/t10-/m0/s1. The average Bonchev–Trinajstić information content (AvgIpc) is 2.26. The molecule has 1 aromatic rings. The molecule has 0 aliphatic rings. The maximum absolute atomic E-state index is 9.49. The van der Waals surface area contributed by atoms with E-state index in [1.54, 1.807) is 6.92 Å². The summed E-state index contributed by atoms with van der Waals surface area (Å²) in [4.78, 5) is 2.21. The predicted molar refractivity (Wildman–Crippen MR) is 72.9 cm³/mol. The van der Waals surface area contributed by atoms with E-state index in [9.17, 15) is 5.11 Å². The van der Waals surface area contributed by atoms with Crippen LogP contribution in [0.15, 0.2) is 35.3 Å². The molecule has 88 valence electrons. The van der Waals surface area contributed by atoms with E-state index in [4.69, 9.17) is 0 Å². The normalized spacial score (nSPS) is 12.2. The molecule has 0 bridgehead atoms. The van der Waals surface area contributed by atoms with Crippen molar-refractivity contribution in [1.82, 2.24) is 0 Å². The quantitative estimate of drug-likeness (QED) is 0.836. The van der Waals surface area contributed by atoms with E-state index in [1.165, 1.54) is 0 Å². The van der Waals surface area contributed by atoms with E-state index >= 15 is 0 Å². The molecule has 0 aromatic heterocycles.